The lowest BCUT2D eigenvalue weighted by molar-refractivity contribution is -0.385. The fraction of sp³-hybridized carbons (Fsp3) is 0.176. The van der Waals surface area contributed by atoms with Gasteiger partial charge in [-0.15, -0.1) is 0 Å². The van der Waals surface area contributed by atoms with Crippen molar-refractivity contribution in [3.05, 3.63) is 226 Å². The molecule has 0 unspecified atom stereocenters. The molecule has 0 fully saturated rings. The van der Waals surface area contributed by atoms with Crippen LogP contribution in [-0.4, -0.2) is 59.1 Å². The van der Waals surface area contributed by atoms with Gasteiger partial charge < -0.3 is 0 Å². The summed E-state index contributed by atoms with van der Waals surface area (Å²) in [4.78, 5) is 43.9. The van der Waals surface area contributed by atoms with Gasteiger partial charge in [0, 0.05) is 119 Å². The molecule has 0 atom stereocenters. The molecular weight excluding hydrogens is 934 g/mol. The van der Waals surface area contributed by atoms with Crippen LogP contribution in [0.5, 0.6) is 0 Å². The first-order valence-corrected chi connectivity index (χ1v) is 21.3. The smallest absolute Gasteiger partial charge is 0.273 e. The van der Waals surface area contributed by atoms with Crippen LogP contribution >= 0.6 is 0 Å². The van der Waals surface area contributed by atoms with Gasteiger partial charge in [0.2, 0.25) is 0 Å². The monoisotopic (exact) mass is 984 g/mol. The van der Waals surface area contributed by atoms with Gasteiger partial charge in [-0.2, -0.15) is 15.3 Å². The molecule has 0 radical (unpaired) electrons. The fourth-order valence-corrected chi connectivity index (χ4v) is 7.02. The number of aryl methyl sites for hydroxylation is 6. The minimum atomic E-state index is -1.92. The zero-order valence-corrected chi connectivity index (χ0v) is 39.1. The molecule has 0 saturated heterocycles. The van der Waals surface area contributed by atoms with Crippen LogP contribution in [-0.2, 0) is 40.3 Å². The van der Waals surface area contributed by atoms with Crippen molar-refractivity contribution >= 4 is 17.1 Å². The van der Waals surface area contributed by atoms with E-state index in [1.54, 1.807) is 96.9 Å². The number of hydrogen-bond acceptors (Lipinski definition) is 12. The molecule has 0 aliphatic heterocycles. The Morgan fingerprint density at radius 1 is 0.458 bits per heavy atom. The van der Waals surface area contributed by atoms with Gasteiger partial charge in [-0.3, -0.25) is 59.3 Å². The molecule has 18 nitrogen and oxygen atoms in total. The molecule has 3 aromatic carbocycles. The van der Waals surface area contributed by atoms with Gasteiger partial charge in [0.1, 0.15) is 17.5 Å². The molecule has 0 bridgehead atoms. The summed E-state index contributed by atoms with van der Waals surface area (Å²) in [5, 5.41) is 44.9. The summed E-state index contributed by atoms with van der Waals surface area (Å²) >= 11 is 0. The van der Waals surface area contributed by atoms with Gasteiger partial charge in [-0.1, -0.05) is 18.2 Å². The summed E-state index contributed by atoms with van der Waals surface area (Å²) < 4.78 is 96.1. The van der Waals surface area contributed by atoms with Crippen LogP contribution in [0.2, 0.25) is 0 Å². The lowest BCUT2D eigenvalue weighted by Crippen LogP contribution is -1.98. The Labute approximate surface area is 418 Å². The van der Waals surface area contributed by atoms with Gasteiger partial charge >= 0.3 is 0 Å². The SMILES string of the molecule is [2H]C([2H])(c1cnn(C)c1)c1ccc(C)c(-c2cc(F)cc([N+](=O)[O-])c2)n1.[2H]C([2H])(c1cnn(C)c1)c1ccc(C)c(-c2cc(F)cc([N+](=O)[O-])c2)n1.[2H]C([2H])(c1cnn(C)c1)c1ccc(C)c(-c2cc(F)cc([N+](=O)[O-])c2)n1. The third-order valence-corrected chi connectivity index (χ3v) is 10.3. The zero-order valence-electron chi connectivity index (χ0n) is 45.1. The summed E-state index contributed by atoms with van der Waals surface area (Å²) in [6.45, 7) is 5.17. The fourth-order valence-electron chi connectivity index (χ4n) is 7.02. The second-order valence-corrected chi connectivity index (χ2v) is 16.0. The van der Waals surface area contributed by atoms with Gasteiger partial charge in [-0.25, -0.2) is 13.2 Å². The van der Waals surface area contributed by atoms with E-state index in [1.807, 2.05) is 0 Å². The third-order valence-electron chi connectivity index (χ3n) is 10.3. The van der Waals surface area contributed by atoms with Crippen LogP contribution in [0.15, 0.2) is 128 Å². The highest BCUT2D eigenvalue weighted by Gasteiger charge is 2.18. The maximum absolute atomic E-state index is 13.8. The van der Waals surface area contributed by atoms with Crippen LogP contribution in [0.3, 0.4) is 0 Å². The topological polar surface area (TPSA) is 222 Å². The normalized spacial score (nSPS) is 12.6. The molecule has 6 heterocycles. The molecular formula is C51H45F3N12O6. The van der Waals surface area contributed by atoms with Gasteiger partial charge in [0.25, 0.3) is 17.1 Å². The van der Waals surface area contributed by atoms with Crippen molar-refractivity contribution in [1.82, 2.24) is 44.3 Å². The van der Waals surface area contributed by atoms with Crippen LogP contribution in [0.25, 0.3) is 33.8 Å². The molecule has 366 valence electrons. The van der Waals surface area contributed by atoms with E-state index < -0.39 is 51.3 Å². The highest BCUT2D eigenvalue weighted by atomic mass is 19.1. The first-order valence-electron chi connectivity index (χ1n) is 24.3. The van der Waals surface area contributed by atoms with E-state index in [-0.39, 0.29) is 67.9 Å². The first-order chi connectivity index (χ1) is 36.5. The van der Waals surface area contributed by atoms with Crippen molar-refractivity contribution in [3.8, 4) is 33.8 Å². The largest absolute Gasteiger partial charge is 0.276 e. The van der Waals surface area contributed by atoms with Crippen molar-refractivity contribution in [2.75, 3.05) is 0 Å². The molecule has 0 spiro atoms. The lowest BCUT2D eigenvalue weighted by atomic mass is 10.0. The molecule has 0 amide bonds. The Bertz CT molecular complexity index is 3400. The van der Waals surface area contributed by atoms with Crippen molar-refractivity contribution in [1.29, 1.82) is 0 Å². The van der Waals surface area contributed by atoms with E-state index in [4.69, 9.17) is 8.22 Å². The van der Waals surface area contributed by atoms with E-state index in [1.165, 1.54) is 50.8 Å². The van der Waals surface area contributed by atoms with Crippen LogP contribution in [0.1, 0.15) is 58.7 Å². The Balaban J connectivity index is 0.000000170. The van der Waals surface area contributed by atoms with Crippen molar-refractivity contribution in [3.63, 3.8) is 0 Å². The lowest BCUT2D eigenvalue weighted by Gasteiger charge is -2.08. The molecule has 9 rings (SSSR count). The molecule has 21 heteroatoms. The average Bonchev–Trinajstić information content (AvgIpc) is 4.17. The number of nitro groups is 3. The highest BCUT2D eigenvalue weighted by molar-refractivity contribution is 5.68. The third kappa shape index (κ3) is 13.1. The van der Waals surface area contributed by atoms with E-state index in [0.717, 1.165) is 36.4 Å². The van der Waals surface area contributed by atoms with Crippen molar-refractivity contribution in [2.45, 2.75) is 39.9 Å². The standard InChI is InChI=1S/3C17H15FN4O2/c3*1-11-3-4-15(5-12-9-19-21(2)10-12)20-17(11)13-6-14(18)8-16(7-13)22(23)24/h3*3-4,6-10H,5H2,1-2H3/i3*5D2. The molecule has 9 aromatic rings. The second kappa shape index (κ2) is 22.0. The zero-order chi connectivity index (χ0) is 57.2. The summed E-state index contributed by atoms with van der Waals surface area (Å²) in [5.41, 5.74) is 3.62. The Morgan fingerprint density at radius 2 is 0.722 bits per heavy atom. The Morgan fingerprint density at radius 3 is 0.944 bits per heavy atom. The Kier molecular flexibility index (Phi) is 13.1. The number of nitro benzene ring substituents is 3. The maximum atomic E-state index is 13.8. The van der Waals surface area contributed by atoms with Gasteiger partial charge in [-0.05, 0) is 90.6 Å². The molecule has 6 aromatic heterocycles. The van der Waals surface area contributed by atoms with Gasteiger partial charge in [0.15, 0.2) is 0 Å². The van der Waals surface area contributed by atoms with Crippen LogP contribution < -0.4 is 0 Å². The molecule has 0 N–H and O–H groups in total. The van der Waals surface area contributed by atoms with E-state index in [9.17, 15) is 43.5 Å². The minimum Gasteiger partial charge on any atom is -0.276 e. The molecule has 72 heavy (non-hydrogen) atoms. The summed E-state index contributed by atoms with van der Waals surface area (Å²) in [6, 6.07) is 19.2. The molecule has 0 aliphatic carbocycles. The highest BCUT2D eigenvalue weighted by Crippen LogP contribution is 2.30. The number of non-ortho nitro benzene ring substituents is 3. The Hall–Kier alpha value is -9.27. The molecule has 0 saturated carbocycles. The van der Waals surface area contributed by atoms with Gasteiger partial charge in [0.05, 0.1) is 68.6 Å². The minimum absolute atomic E-state index is 0.109. The summed E-state index contributed by atoms with van der Waals surface area (Å²) in [7, 11) is 5.04. The maximum Gasteiger partial charge on any atom is 0.273 e. The van der Waals surface area contributed by atoms with Crippen LogP contribution in [0.4, 0.5) is 30.2 Å². The van der Waals surface area contributed by atoms with E-state index >= 15 is 0 Å². The predicted octanol–water partition coefficient (Wildman–Crippen LogP) is 10.3. The van der Waals surface area contributed by atoms with Crippen molar-refractivity contribution < 1.29 is 36.2 Å². The molecule has 0 aliphatic rings. The average molecular weight is 985 g/mol. The summed E-state index contributed by atoms with van der Waals surface area (Å²) in [6.07, 6.45) is 3.12. The number of rotatable bonds is 12. The van der Waals surface area contributed by atoms with Crippen molar-refractivity contribution in [2.24, 2.45) is 21.1 Å². The number of halogens is 3. The summed E-state index contributed by atoms with van der Waals surface area (Å²) in [5.74, 6) is -2.26. The predicted molar refractivity (Wildman–Crippen MR) is 261 cm³/mol. The number of aromatic nitrogens is 9. The number of nitrogens with zero attached hydrogens (tertiary/aromatic N) is 12. The quantitative estimate of drug-likeness (QED) is 0.0824. The van der Waals surface area contributed by atoms with E-state index in [0.29, 0.717) is 33.4 Å². The van der Waals surface area contributed by atoms with E-state index in [2.05, 4.69) is 30.2 Å². The second-order valence-electron chi connectivity index (χ2n) is 16.0. The number of pyridine rings is 3. The number of hydrogen-bond donors (Lipinski definition) is 0. The van der Waals surface area contributed by atoms with Crippen LogP contribution in [0, 0.1) is 68.6 Å². The number of benzene rings is 3. The first kappa shape index (κ1) is 42.8.